The highest BCUT2D eigenvalue weighted by atomic mass is 35.5. The third-order valence-corrected chi connectivity index (χ3v) is 2.93. The van der Waals surface area contributed by atoms with Crippen LogP contribution in [0.3, 0.4) is 0 Å². The van der Waals surface area contributed by atoms with Gasteiger partial charge in [-0.3, -0.25) is 0 Å². The minimum Gasteiger partial charge on any atom is -0.329 e. The first-order valence-electron chi connectivity index (χ1n) is 5.40. The molecule has 0 heterocycles. The number of benzene rings is 2. The van der Waals surface area contributed by atoms with E-state index in [1.807, 2.05) is 24.3 Å². The van der Waals surface area contributed by atoms with Crippen LogP contribution in [0.15, 0.2) is 36.4 Å². The summed E-state index contributed by atoms with van der Waals surface area (Å²) in [5.74, 6) is 0. The van der Waals surface area contributed by atoms with Gasteiger partial charge in [0, 0.05) is 30.0 Å². The Bertz CT molecular complexity index is 486. The van der Waals surface area contributed by atoms with E-state index in [0.717, 1.165) is 23.5 Å². The van der Waals surface area contributed by atoms with E-state index < -0.39 is 0 Å². The van der Waals surface area contributed by atoms with Gasteiger partial charge in [-0.25, -0.2) is 0 Å². The van der Waals surface area contributed by atoms with Crippen molar-refractivity contribution >= 4 is 34.8 Å². The number of rotatable bonds is 4. The molecule has 0 bridgehead atoms. The standard InChI is InChI=1S/C13H15ClN2.ClH/c14-13-6-2-4-11-10(9-16-8-7-15)3-1-5-12(11)13;/h1-6,16H,7-9,15H2;1H. The smallest absolute Gasteiger partial charge is 0.0484 e. The molecular weight excluding hydrogens is 255 g/mol. The van der Waals surface area contributed by atoms with Gasteiger partial charge >= 0.3 is 0 Å². The molecule has 0 aromatic heterocycles. The molecule has 0 spiro atoms. The molecule has 17 heavy (non-hydrogen) atoms. The van der Waals surface area contributed by atoms with Gasteiger partial charge in [-0.1, -0.05) is 41.9 Å². The van der Waals surface area contributed by atoms with E-state index in [2.05, 4.69) is 17.4 Å². The van der Waals surface area contributed by atoms with Crippen LogP contribution in [0.25, 0.3) is 10.8 Å². The van der Waals surface area contributed by atoms with E-state index in [0.29, 0.717) is 6.54 Å². The van der Waals surface area contributed by atoms with Gasteiger partial charge in [0.15, 0.2) is 0 Å². The molecule has 0 atom stereocenters. The molecule has 0 aliphatic heterocycles. The van der Waals surface area contributed by atoms with Gasteiger partial charge in [0.2, 0.25) is 0 Å². The molecule has 0 aliphatic carbocycles. The van der Waals surface area contributed by atoms with Crippen LogP contribution in [0.5, 0.6) is 0 Å². The molecule has 0 fully saturated rings. The Labute approximate surface area is 113 Å². The van der Waals surface area contributed by atoms with Crippen molar-refractivity contribution < 1.29 is 0 Å². The Morgan fingerprint density at radius 2 is 1.76 bits per heavy atom. The van der Waals surface area contributed by atoms with E-state index in [9.17, 15) is 0 Å². The highest BCUT2D eigenvalue weighted by Crippen LogP contribution is 2.25. The van der Waals surface area contributed by atoms with Crippen molar-refractivity contribution in [1.82, 2.24) is 5.32 Å². The van der Waals surface area contributed by atoms with Crippen LogP contribution in [0.2, 0.25) is 5.02 Å². The van der Waals surface area contributed by atoms with Gasteiger partial charge in [-0.15, -0.1) is 12.4 Å². The maximum atomic E-state index is 6.15. The summed E-state index contributed by atoms with van der Waals surface area (Å²) < 4.78 is 0. The zero-order chi connectivity index (χ0) is 11.4. The lowest BCUT2D eigenvalue weighted by molar-refractivity contribution is 0.698. The third kappa shape index (κ3) is 3.33. The summed E-state index contributed by atoms with van der Waals surface area (Å²) in [4.78, 5) is 0. The Morgan fingerprint density at radius 1 is 1.06 bits per heavy atom. The molecule has 0 amide bonds. The minimum atomic E-state index is 0. The SMILES string of the molecule is Cl.NCCNCc1cccc2c(Cl)cccc12. The summed E-state index contributed by atoms with van der Waals surface area (Å²) >= 11 is 6.15. The van der Waals surface area contributed by atoms with Crippen molar-refractivity contribution in [2.75, 3.05) is 13.1 Å². The maximum Gasteiger partial charge on any atom is 0.0484 e. The van der Waals surface area contributed by atoms with Crippen LogP contribution < -0.4 is 11.1 Å². The van der Waals surface area contributed by atoms with Gasteiger partial charge < -0.3 is 11.1 Å². The van der Waals surface area contributed by atoms with Crippen molar-refractivity contribution in [3.8, 4) is 0 Å². The van der Waals surface area contributed by atoms with Crippen LogP contribution in [0.4, 0.5) is 0 Å². The number of hydrogen-bond acceptors (Lipinski definition) is 2. The summed E-state index contributed by atoms with van der Waals surface area (Å²) in [6.07, 6.45) is 0. The van der Waals surface area contributed by atoms with Crippen molar-refractivity contribution in [3.05, 3.63) is 47.0 Å². The van der Waals surface area contributed by atoms with Crippen molar-refractivity contribution in [2.45, 2.75) is 6.54 Å². The molecule has 3 N–H and O–H groups in total. The van der Waals surface area contributed by atoms with E-state index in [1.54, 1.807) is 0 Å². The second-order valence-corrected chi connectivity index (χ2v) is 4.12. The Hall–Kier alpha value is -0.800. The lowest BCUT2D eigenvalue weighted by Gasteiger charge is -2.08. The van der Waals surface area contributed by atoms with Crippen molar-refractivity contribution in [3.63, 3.8) is 0 Å². The predicted octanol–water partition coefficient (Wildman–Crippen LogP) is 2.96. The highest BCUT2D eigenvalue weighted by Gasteiger charge is 2.02. The summed E-state index contributed by atoms with van der Waals surface area (Å²) in [7, 11) is 0. The highest BCUT2D eigenvalue weighted by molar-refractivity contribution is 6.35. The van der Waals surface area contributed by atoms with Crippen LogP contribution in [-0.2, 0) is 6.54 Å². The summed E-state index contributed by atoms with van der Waals surface area (Å²) in [5, 5.41) is 6.41. The van der Waals surface area contributed by atoms with Gasteiger partial charge in [0.1, 0.15) is 0 Å². The zero-order valence-electron chi connectivity index (χ0n) is 9.45. The maximum absolute atomic E-state index is 6.15. The monoisotopic (exact) mass is 270 g/mol. The molecule has 0 aliphatic rings. The first kappa shape index (κ1) is 14.3. The topological polar surface area (TPSA) is 38.0 Å². The molecule has 0 saturated carbocycles. The fourth-order valence-electron chi connectivity index (χ4n) is 1.82. The fraction of sp³-hybridized carbons (Fsp3) is 0.231. The lowest BCUT2D eigenvalue weighted by atomic mass is 10.0. The van der Waals surface area contributed by atoms with Gasteiger partial charge in [-0.2, -0.15) is 0 Å². The largest absolute Gasteiger partial charge is 0.329 e. The van der Waals surface area contributed by atoms with Crippen molar-refractivity contribution in [1.29, 1.82) is 0 Å². The summed E-state index contributed by atoms with van der Waals surface area (Å²) in [6, 6.07) is 12.2. The molecule has 0 saturated heterocycles. The van der Waals surface area contributed by atoms with Gasteiger partial charge in [0.25, 0.3) is 0 Å². The molecular formula is C13H16Cl2N2. The fourth-order valence-corrected chi connectivity index (χ4v) is 2.05. The summed E-state index contributed by atoms with van der Waals surface area (Å²) in [6.45, 7) is 2.32. The number of halogens is 2. The van der Waals surface area contributed by atoms with Gasteiger partial charge in [0.05, 0.1) is 0 Å². The first-order valence-corrected chi connectivity index (χ1v) is 5.77. The average Bonchev–Trinajstić information content (AvgIpc) is 2.31. The number of nitrogens with two attached hydrogens (primary N) is 1. The molecule has 2 aromatic carbocycles. The lowest BCUT2D eigenvalue weighted by Crippen LogP contribution is -2.21. The molecule has 2 aromatic rings. The molecule has 2 rings (SSSR count). The molecule has 92 valence electrons. The zero-order valence-corrected chi connectivity index (χ0v) is 11.0. The number of nitrogens with one attached hydrogen (secondary N) is 1. The van der Waals surface area contributed by atoms with E-state index in [4.69, 9.17) is 17.3 Å². The molecule has 0 unspecified atom stereocenters. The molecule has 0 radical (unpaired) electrons. The second-order valence-electron chi connectivity index (χ2n) is 3.72. The molecule has 4 heteroatoms. The molecule has 2 nitrogen and oxygen atoms in total. The van der Waals surface area contributed by atoms with E-state index in [-0.39, 0.29) is 12.4 Å². The van der Waals surface area contributed by atoms with Crippen LogP contribution in [0.1, 0.15) is 5.56 Å². The number of fused-ring (bicyclic) bond motifs is 1. The average molecular weight is 271 g/mol. The quantitative estimate of drug-likeness (QED) is 0.839. The Balaban J connectivity index is 0.00000144. The first-order chi connectivity index (χ1) is 7.83. The predicted molar refractivity (Wildman–Crippen MR) is 77.0 cm³/mol. The second kappa shape index (κ2) is 6.82. The Morgan fingerprint density at radius 3 is 2.53 bits per heavy atom. The normalized spacial score (nSPS) is 10.2. The third-order valence-electron chi connectivity index (χ3n) is 2.60. The van der Waals surface area contributed by atoms with E-state index in [1.165, 1.54) is 10.9 Å². The summed E-state index contributed by atoms with van der Waals surface area (Å²) in [5.41, 5.74) is 6.70. The van der Waals surface area contributed by atoms with Crippen molar-refractivity contribution in [2.24, 2.45) is 5.73 Å². The van der Waals surface area contributed by atoms with Crippen LogP contribution >= 0.6 is 24.0 Å². The van der Waals surface area contributed by atoms with Crippen LogP contribution in [-0.4, -0.2) is 13.1 Å². The van der Waals surface area contributed by atoms with Gasteiger partial charge in [-0.05, 0) is 17.0 Å². The minimum absolute atomic E-state index is 0. The number of hydrogen-bond donors (Lipinski definition) is 2. The van der Waals surface area contributed by atoms with E-state index >= 15 is 0 Å². The Kier molecular flexibility index (Phi) is 5.72. The van der Waals surface area contributed by atoms with Crippen LogP contribution in [0, 0.1) is 0 Å².